The molecule has 136 valence electrons. The molecule has 3 amide bonds. The number of urea groups is 1. The highest BCUT2D eigenvalue weighted by Gasteiger charge is 2.33. The van der Waals surface area contributed by atoms with Crippen LogP contribution in [0.2, 0.25) is 0 Å². The minimum absolute atomic E-state index is 0.0947. The number of aromatic nitrogens is 3. The average Bonchev–Trinajstić information content (AvgIpc) is 3.10. The number of benzene rings is 2. The van der Waals surface area contributed by atoms with Crippen molar-refractivity contribution in [3.8, 4) is 11.3 Å². The highest BCUT2D eigenvalue weighted by molar-refractivity contribution is 5.97. The average molecular weight is 362 g/mol. The largest absolute Gasteiger partial charge is 0.351 e. The predicted molar refractivity (Wildman–Crippen MR) is 100 cm³/mol. The molecule has 0 unspecified atom stereocenters. The van der Waals surface area contributed by atoms with Gasteiger partial charge in [-0.2, -0.15) is 0 Å². The molecule has 2 aromatic carbocycles. The summed E-state index contributed by atoms with van der Waals surface area (Å²) >= 11 is 0. The summed E-state index contributed by atoms with van der Waals surface area (Å²) in [6, 6.07) is 16.0. The van der Waals surface area contributed by atoms with Crippen LogP contribution in [-0.2, 0) is 0 Å². The van der Waals surface area contributed by atoms with Gasteiger partial charge in [0.2, 0.25) is 0 Å². The van der Waals surface area contributed by atoms with Crippen LogP contribution >= 0.6 is 0 Å². The van der Waals surface area contributed by atoms with Crippen molar-refractivity contribution >= 4 is 17.6 Å². The highest BCUT2D eigenvalue weighted by Crippen LogP contribution is 2.25. The maximum absolute atomic E-state index is 12.6. The fraction of sp³-hybridized carbons (Fsp3) is 0.158. The second kappa shape index (κ2) is 6.91. The van der Waals surface area contributed by atoms with E-state index in [4.69, 9.17) is 5.73 Å². The first-order valence-electron chi connectivity index (χ1n) is 8.53. The first kappa shape index (κ1) is 16.8. The summed E-state index contributed by atoms with van der Waals surface area (Å²) in [6.07, 6.45) is 1.90. The number of hydrogen-bond acceptors (Lipinski definition) is 4. The molecule has 8 nitrogen and oxygen atoms in total. The van der Waals surface area contributed by atoms with Crippen LogP contribution < -0.4 is 11.1 Å². The molecule has 0 radical (unpaired) electrons. The van der Waals surface area contributed by atoms with E-state index in [2.05, 4.69) is 15.6 Å². The number of carbonyl (C=O) groups is 2. The molecular weight excluding hydrogens is 344 g/mol. The van der Waals surface area contributed by atoms with Crippen molar-refractivity contribution in [3.05, 3.63) is 66.4 Å². The molecule has 0 atom stereocenters. The number of primary amides is 1. The molecular formula is C19H18N6O2. The number of carbonyl (C=O) groups excluding carboxylic acids is 2. The van der Waals surface area contributed by atoms with Gasteiger partial charge in [0.1, 0.15) is 5.69 Å². The van der Waals surface area contributed by atoms with Crippen molar-refractivity contribution in [3.63, 3.8) is 0 Å². The third-order valence-corrected chi connectivity index (χ3v) is 4.48. The number of nitrogens with two attached hydrogens (primary N) is 1. The van der Waals surface area contributed by atoms with Crippen molar-refractivity contribution in [2.75, 3.05) is 18.4 Å². The van der Waals surface area contributed by atoms with Gasteiger partial charge in [0.25, 0.3) is 5.91 Å². The van der Waals surface area contributed by atoms with Crippen molar-refractivity contribution in [1.29, 1.82) is 0 Å². The van der Waals surface area contributed by atoms with Crippen molar-refractivity contribution in [1.82, 2.24) is 19.9 Å². The summed E-state index contributed by atoms with van der Waals surface area (Å²) in [5, 5.41) is 10.9. The lowest BCUT2D eigenvalue weighted by atomic mass is 10.1. The molecule has 1 aliphatic heterocycles. The Balaban J connectivity index is 1.40. The molecule has 2 heterocycles. The number of anilines is 1. The summed E-state index contributed by atoms with van der Waals surface area (Å²) in [6.45, 7) is 1.12. The minimum Gasteiger partial charge on any atom is -0.351 e. The summed E-state index contributed by atoms with van der Waals surface area (Å²) in [4.78, 5) is 25.3. The molecule has 0 saturated carbocycles. The maximum Gasteiger partial charge on any atom is 0.316 e. The quantitative estimate of drug-likeness (QED) is 0.741. The van der Waals surface area contributed by atoms with E-state index in [1.165, 1.54) is 0 Å². The first-order valence-corrected chi connectivity index (χ1v) is 8.53. The van der Waals surface area contributed by atoms with E-state index in [-0.39, 0.29) is 11.9 Å². The highest BCUT2D eigenvalue weighted by atomic mass is 16.2. The monoisotopic (exact) mass is 362 g/mol. The predicted octanol–water partition coefficient (Wildman–Crippen LogP) is 2.13. The summed E-state index contributed by atoms with van der Waals surface area (Å²) in [5.41, 5.74) is 7.93. The molecule has 1 aliphatic rings. The third-order valence-electron chi connectivity index (χ3n) is 4.48. The summed E-state index contributed by atoms with van der Waals surface area (Å²) in [5.74, 6) is -0.0947. The van der Waals surface area contributed by atoms with E-state index in [0.717, 1.165) is 11.3 Å². The van der Waals surface area contributed by atoms with Crippen LogP contribution in [0.1, 0.15) is 16.4 Å². The Labute approximate surface area is 155 Å². The van der Waals surface area contributed by atoms with Gasteiger partial charge in [-0.25, -0.2) is 9.48 Å². The molecule has 1 fully saturated rings. The van der Waals surface area contributed by atoms with E-state index in [9.17, 15) is 9.59 Å². The Morgan fingerprint density at radius 1 is 1.07 bits per heavy atom. The molecule has 3 N–H and O–H groups in total. The lowest BCUT2D eigenvalue weighted by Gasteiger charge is -2.38. The van der Waals surface area contributed by atoms with Gasteiger partial charge in [-0.1, -0.05) is 41.6 Å². The maximum atomic E-state index is 12.6. The zero-order chi connectivity index (χ0) is 18.8. The Hall–Kier alpha value is -3.68. The van der Waals surface area contributed by atoms with E-state index < -0.39 is 6.03 Å². The van der Waals surface area contributed by atoms with Gasteiger partial charge in [0.05, 0.1) is 12.2 Å². The third kappa shape index (κ3) is 3.50. The van der Waals surface area contributed by atoms with E-state index >= 15 is 0 Å². The van der Waals surface area contributed by atoms with Gasteiger partial charge in [0.15, 0.2) is 0 Å². The number of likely N-dealkylation sites (tertiary alicyclic amines) is 1. The summed E-state index contributed by atoms with van der Waals surface area (Å²) < 4.78 is 1.80. The Kier molecular flexibility index (Phi) is 4.29. The molecule has 3 aromatic rings. The van der Waals surface area contributed by atoms with Gasteiger partial charge in [-0.15, -0.1) is 5.10 Å². The van der Waals surface area contributed by atoms with Gasteiger partial charge in [-0.3, -0.25) is 4.79 Å². The zero-order valence-corrected chi connectivity index (χ0v) is 14.4. The van der Waals surface area contributed by atoms with Crippen LogP contribution in [0.5, 0.6) is 0 Å². The topological polar surface area (TPSA) is 106 Å². The fourth-order valence-electron chi connectivity index (χ4n) is 3.04. The van der Waals surface area contributed by atoms with Gasteiger partial charge < -0.3 is 16.0 Å². The molecule has 8 heteroatoms. The Bertz CT molecular complexity index is 979. The molecule has 0 aliphatic carbocycles. The summed E-state index contributed by atoms with van der Waals surface area (Å²) in [7, 11) is 0. The van der Waals surface area contributed by atoms with Crippen LogP contribution in [0, 0.1) is 0 Å². The van der Waals surface area contributed by atoms with Gasteiger partial charge in [-0.05, 0) is 18.2 Å². The second-order valence-electron chi connectivity index (χ2n) is 6.38. The van der Waals surface area contributed by atoms with E-state index in [1.807, 2.05) is 36.5 Å². The van der Waals surface area contributed by atoms with Crippen molar-refractivity contribution < 1.29 is 9.59 Å². The van der Waals surface area contributed by atoms with Crippen LogP contribution in [0.25, 0.3) is 11.3 Å². The van der Waals surface area contributed by atoms with Gasteiger partial charge >= 0.3 is 6.03 Å². The van der Waals surface area contributed by atoms with Crippen LogP contribution in [-0.4, -0.2) is 44.9 Å². The van der Waals surface area contributed by atoms with Crippen LogP contribution in [0.4, 0.5) is 10.5 Å². The number of nitrogens with zero attached hydrogens (tertiary/aromatic N) is 4. The van der Waals surface area contributed by atoms with Gasteiger partial charge in [0, 0.05) is 29.9 Å². The van der Waals surface area contributed by atoms with Crippen molar-refractivity contribution in [2.45, 2.75) is 6.04 Å². The Morgan fingerprint density at radius 3 is 2.59 bits per heavy atom. The van der Waals surface area contributed by atoms with Crippen LogP contribution in [0.15, 0.2) is 60.8 Å². The van der Waals surface area contributed by atoms with E-state index in [0.29, 0.717) is 24.3 Å². The van der Waals surface area contributed by atoms with Crippen LogP contribution in [0.3, 0.4) is 0 Å². The Morgan fingerprint density at radius 2 is 1.85 bits per heavy atom. The SMILES string of the molecule is NC(=O)Nc1cccc(C(=O)N2CC(n3cc(-c4ccccc4)nn3)C2)c1. The smallest absolute Gasteiger partial charge is 0.316 e. The lowest BCUT2D eigenvalue weighted by Crippen LogP contribution is -2.50. The second-order valence-corrected chi connectivity index (χ2v) is 6.38. The molecule has 4 rings (SSSR count). The fourth-order valence-corrected chi connectivity index (χ4v) is 3.04. The normalized spacial score (nSPS) is 13.9. The van der Waals surface area contributed by atoms with E-state index in [1.54, 1.807) is 33.8 Å². The zero-order valence-electron chi connectivity index (χ0n) is 14.4. The lowest BCUT2D eigenvalue weighted by molar-refractivity contribution is 0.0498. The molecule has 0 spiro atoms. The number of rotatable bonds is 4. The minimum atomic E-state index is -0.663. The first-order chi connectivity index (χ1) is 13.1. The molecule has 27 heavy (non-hydrogen) atoms. The number of amides is 3. The molecule has 1 saturated heterocycles. The standard InChI is InChI=1S/C19H18N6O2/c20-19(27)21-15-8-4-7-14(9-15)18(26)24-10-16(11-24)25-12-17(22-23-25)13-5-2-1-3-6-13/h1-9,12,16H,10-11H2,(H3,20,21,27). The number of nitrogens with one attached hydrogen (secondary N) is 1. The molecule has 0 bridgehead atoms. The molecule has 1 aromatic heterocycles. The number of hydrogen-bond donors (Lipinski definition) is 2. The van der Waals surface area contributed by atoms with Crippen molar-refractivity contribution in [2.24, 2.45) is 5.73 Å².